The highest BCUT2D eigenvalue weighted by Crippen LogP contribution is 2.30. The summed E-state index contributed by atoms with van der Waals surface area (Å²) < 4.78 is 5.51. The maximum absolute atomic E-state index is 9.06. The highest BCUT2D eigenvalue weighted by atomic mass is 32.1. The second-order valence-electron chi connectivity index (χ2n) is 4.02. The molecule has 2 aromatic rings. The Hall–Kier alpha value is -1.70. The van der Waals surface area contributed by atoms with Gasteiger partial charge in [0.25, 0.3) is 0 Å². The van der Waals surface area contributed by atoms with E-state index in [1.807, 2.05) is 18.2 Å². The molecule has 0 aliphatic carbocycles. The topological polar surface area (TPSA) is 48.7 Å². The van der Waals surface area contributed by atoms with Crippen molar-refractivity contribution >= 4 is 27.2 Å². The van der Waals surface area contributed by atoms with E-state index in [1.165, 1.54) is 17.1 Å². The van der Waals surface area contributed by atoms with Crippen LogP contribution >= 0.6 is 11.5 Å². The van der Waals surface area contributed by atoms with E-state index >= 15 is 0 Å². The Morgan fingerprint density at radius 1 is 1.41 bits per heavy atom. The molecule has 0 radical (unpaired) electrons. The van der Waals surface area contributed by atoms with Gasteiger partial charge in [-0.3, -0.25) is 0 Å². The van der Waals surface area contributed by atoms with Crippen LogP contribution in [-0.4, -0.2) is 17.5 Å². The van der Waals surface area contributed by atoms with Gasteiger partial charge in [0.1, 0.15) is 6.07 Å². The van der Waals surface area contributed by atoms with Gasteiger partial charge in [-0.2, -0.15) is 9.64 Å². The lowest BCUT2D eigenvalue weighted by atomic mass is 10.0. The van der Waals surface area contributed by atoms with Crippen molar-refractivity contribution in [2.45, 2.75) is 6.42 Å². The summed E-state index contributed by atoms with van der Waals surface area (Å²) in [5.74, 6) is 0. The maximum atomic E-state index is 9.06. The first-order valence-electron chi connectivity index (χ1n) is 5.59. The molecule has 1 aliphatic heterocycles. The van der Waals surface area contributed by atoms with E-state index in [-0.39, 0.29) is 0 Å². The van der Waals surface area contributed by atoms with E-state index in [2.05, 4.69) is 21.8 Å². The van der Waals surface area contributed by atoms with E-state index in [4.69, 9.17) is 5.26 Å². The summed E-state index contributed by atoms with van der Waals surface area (Å²) in [5.41, 5.74) is 3.00. The first-order valence-corrected chi connectivity index (χ1v) is 6.36. The summed E-state index contributed by atoms with van der Waals surface area (Å²) in [6.45, 7) is 1.91. The van der Waals surface area contributed by atoms with Gasteiger partial charge in [-0.15, -0.1) is 0 Å². The summed E-state index contributed by atoms with van der Waals surface area (Å²) in [7, 11) is 0. The molecule has 84 valence electrons. The predicted molar refractivity (Wildman–Crippen MR) is 69.8 cm³/mol. The zero-order valence-corrected chi connectivity index (χ0v) is 10.0. The van der Waals surface area contributed by atoms with Crippen molar-refractivity contribution < 1.29 is 0 Å². The largest absolute Gasteiger partial charge is 0.312 e. The highest BCUT2D eigenvalue weighted by molar-refractivity contribution is 7.13. The van der Waals surface area contributed by atoms with E-state index in [1.54, 1.807) is 0 Å². The average Bonchev–Trinajstić information content (AvgIpc) is 2.83. The number of rotatable bonds is 1. The summed E-state index contributed by atoms with van der Waals surface area (Å²) >= 11 is 1.42. The first kappa shape index (κ1) is 10.5. The molecule has 1 aromatic heterocycles. The van der Waals surface area contributed by atoms with E-state index in [0.717, 1.165) is 40.9 Å². The molecule has 0 atom stereocenters. The lowest BCUT2D eigenvalue weighted by molar-refractivity contribution is 0.738. The monoisotopic (exact) mass is 241 g/mol. The minimum atomic E-state index is 0.718. The number of nitriles is 1. The molecule has 1 aromatic carbocycles. The van der Waals surface area contributed by atoms with Gasteiger partial charge >= 0.3 is 0 Å². The molecule has 0 saturated carbocycles. The van der Waals surface area contributed by atoms with Gasteiger partial charge in [-0.1, -0.05) is 18.2 Å². The fourth-order valence-electron chi connectivity index (χ4n) is 2.11. The highest BCUT2D eigenvalue weighted by Gasteiger charge is 2.14. The van der Waals surface area contributed by atoms with Crippen LogP contribution in [0, 0.1) is 11.3 Å². The Morgan fingerprint density at radius 2 is 2.35 bits per heavy atom. The van der Waals surface area contributed by atoms with E-state index in [9.17, 15) is 0 Å². The zero-order valence-electron chi connectivity index (χ0n) is 9.23. The zero-order chi connectivity index (χ0) is 11.7. The van der Waals surface area contributed by atoms with Crippen molar-refractivity contribution in [3.63, 3.8) is 0 Å². The average molecular weight is 241 g/mol. The van der Waals surface area contributed by atoms with Gasteiger partial charge in [-0.05, 0) is 36.1 Å². The van der Waals surface area contributed by atoms with Gasteiger partial charge < -0.3 is 5.32 Å². The molecule has 1 aliphatic rings. The second-order valence-corrected chi connectivity index (χ2v) is 4.79. The molecule has 1 N–H and O–H groups in total. The molecule has 3 rings (SSSR count). The second kappa shape index (κ2) is 4.28. The molecule has 0 spiro atoms. The number of benzene rings is 1. The van der Waals surface area contributed by atoms with Gasteiger partial charge in [0, 0.05) is 11.9 Å². The molecule has 0 fully saturated rings. The van der Waals surface area contributed by atoms with Crippen LogP contribution in [-0.2, 0) is 0 Å². The van der Waals surface area contributed by atoms with Crippen molar-refractivity contribution in [1.82, 2.24) is 9.69 Å². The molecule has 17 heavy (non-hydrogen) atoms. The number of hydrogen-bond donors (Lipinski definition) is 1. The molecule has 2 heterocycles. The minimum Gasteiger partial charge on any atom is -0.312 e. The number of fused-ring (bicyclic) bond motifs is 1. The molecule has 0 bridgehead atoms. The smallest absolute Gasteiger partial charge is 0.101 e. The van der Waals surface area contributed by atoms with Crippen LogP contribution < -0.4 is 5.32 Å². The summed E-state index contributed by atoms with van der Waals surface area (Å²) in [6, 6.07) is 8.04. The van der Waals surface area contributed by atoms with Crippen LogP contribution in [0.25, 0.3) is 15.7 Å². The van der Waals surface area contributed by atoms with Crippen molar-refractivity contribution in [2.24, 2.45) is 0 Å². The summed E-state index contributed by atoms with van der Waals surface area (Å²) in [6.07, 6.45) is 3.29. The standard InChI is InChI=1S/C13H11N3S/c14-7-9-3-1-5-11-12(16-17-13(9)11)10-4-2-6-15-8-10/h1,3-5,15H,2,6,8H2. The van der Waals surface area contributed by atoms with Crippen molar-refractivity contribution in [2.75, 3.05) is 13.1 Å². The number of nitrogens with one attached hydrogen (secondary N) is 1. The van der Waals surface area contributed by atoms with Crippen molar-refractivity contribution in [3.05, 3.63) is 35.5 Å². The molecule has 0 unspecified atom stereocenters. The number of nitrogens with zero attached hydrogens (tertiary/aromatic N) is 2. The molecule has 4 heteroatoms. The first-order chi connectivity index (χ1) is 8.40. The van der Waals surface area contributed by atoms with Gasteiger partial charge in [0.15, 0.2) is 0 Å². The van der Waals surface area contributed by atoms with Gasteiger partial charge in [0.2, 0.25) is 0 Å². The van der Waals surface area contributed by atoms with Crippen molar-refractivity contribution in [3.8, 4) is 6.07 Å². The number of aromatic nitrogens is 1. The van der Waals surface area contributed by atoms with Crippen molar-refractivity contribution in [1.29, 1.82) is 5.26 Å². The molecule has 0 saturated heterocycles. The van der Waals surface area contributed by atoms with Crippen LogP contribution in [0.4, 0.5) is 0 Å². The Labute approximate surface area is 104 Å². The predicted octanol–water partition coefficient (Wildman–Crippen LogP) is 2.54. The molecular weight excluding hydrogens is 230 g/mol. The third-order valence-corrected chi connectivity index (χ3v) is 3.85. The molecule has 3 nitrogen and oxygen atoms in total. The lowest BCUT2D eigenvalue weighted by Crippen LogP contribution is -2.21. The Morgan fingerprint density at radius 3 is 3.12 bits per heavy atom. The minimum absolute atomic E-state index is 0.718. The Balaban J connectivity index is 2.19. The van der Waals surface area contributed by atoms with E-state index in [0.29, 0.717) is 0 Å². The van der Waals surface area contributed by atoms with Gasteiger partial charge in [-0.25, -0.2) is 0 Å². The van der Waals surface area contributed by atoms with Gasteiger partial charge in [0.05, 0.1) is 16.0 Å². The molecular formula is C13H11N3S. The third-order valence-electron chi connectivity index (χ3n) is 2.95. The lowest BCUT2D eigenvalue weighted by Gasteiger charge is -2.12. The van der Waals surface area contributed by atoms with Crippen LogP contribution in [0.15, 0.2) is 24.3 Å². The Bertz CT molecular complexity index is 634. The van der Waals surface area contributed by atoms with E-state index < -0.39 is 0 Å². The number of hydrogen-bond acceptors (Lipinski definition) is 4. The Kier molecular flexibility index (Phi) is 2.63. The van der Waals surface area contributed by atoms with Crippen LogP contribution in [0.3, 0.4) is 0 Å². The van der Waals surface area contributed by atoms with Crippen LogP contribution in [0.2, 0.25) is 0 Å². The maximum Gasteiger partial charge on any atom is 0.101 e. The van der Waals surface area contributed by atoms with Crippen LogP contribution in [0.5, 0.6) is 0 Å². The fraction of sp³-hybridized carbons (Fsp3) is 0.231. The third kappa shape index (κ3) is 1.74. The molecule has 0 amide bonds. The normalized spacial score (nSPS) is 15.6. The quantitative estimate of drug-likeness (QED) is 0.834. The summed E-state index contributed by atoms with van der Waals surface area (Å²) in [4.78, 5) is 0. The fourth-order valence-corrected chi connectivity index (χ4v) is 2.98. The SMILES string of the molecule is N#Cc1cccc2c(C3=CCCNC3)nsc12. The summed E-state index contributed by atoms with van der Waals surface area (Å²) in [5, 5.41) is 13.5. The van der Waals surface area contributed by atoms with Crippen LogP contribution in [0.1, 0.15) is 17.7 Å².